The Kier molecular flexibility index (Phi) is 5.12. The number of amides is 2. The molecule has 0 saturated carbocycles. The van der Waals surface area contributed by atoms with Crippen LogP contribution < -0.4 is 10.6 Å². The van der Waals surface area contributed by atoms with Crippen LogP contribution in [-0.4, -0.2) is 21.6 Å². The molecule has 0 spiro atoms. The molecular weight excluding hydrogens is 328 g/mol. The van der Waals surface area contributed by atoms with Crippen LogP contribution in [0.2, 0.25) is 0 Å². The van der Waals surface area contributed by atoms with Crippen LogP contribution >= 0.6 is 0 Å². The molecule has 0 aliphatic carbocycles. The van der Waals surface area contributed by atoms with E-state index in [-0.39, 0.29) is 5.78 Å². The SMILES string of the molecule is CC(=O)c1cccc(NC(=O)Nc2ccn(Cc3cccc(C)c3)n2)c1. The maximum Gasteiger partial charge on any atom is 0.324 e. The number of hydrogen-bond acceptors (Lipinski definition) is 3. The van der Waals surface area contributed by atoms with Gasteiger partial charge in [-0.3, -0.25) is 14.8 Å². The summed E-state index contributed by atoms with van der Waals surface area (Å²) in [5, 5.41) is 9.74. The lowest BCUT2D eigenvalue weighted by atomic mass is 10.1. The normalized spacial score (nSPS) is 10.4. The summed E-state index contributed by atoms with van der Waals surface area (Å²) in [5.74, 6) is 0.404. The van der Waals surface area contributed by atoms with E-state index in [0.717, 1.165) is 5.56 Å². The third-order valence-corrected chi connectivity index (χ3v) is 3.84. The molecule has 0 fully saturated rings. The first-order valence-electron chi connectivity index (χ1n) is 8.27. The van der Waals surface area contributed by atoms with Gasteiger partial charge >= 0.3 is 6.03 Å². The Bertz CT molecular complexity index is 946. The number of Topliss-reactive ketones (excluding diaryl/α,β-unsaturated/α-hetero) is 1. The lowest BCUT2D eigenvalue weighted by Gasteiger charge is -2.07. The maximum absolute atomic E-state index is 12.1. The van der Waals surface area contributed by atoms with Gasteiger partial charge in [-0.05, 0) is 31.5 Å². The van der Waals surface area contributed by atoms with Gasteiger partial charge in [-0.15, -0.1) is 0 Å². The number of benzene rings is 2. The van der Waals surface area contributed by atoms with Gasteiger partial charge in [0.05, 0.1) is 6.54 Å². The van der Waals surface area contributed by atoms with Gasteiger partial charge < -0.3 is 5.32 Å². The van der Waals surface area contributed by atoms with Gasteiger partial charge in [-0.25, -0.2) is 4.79 Å². The summed E-state index contributed by atoms with van der Waals surface area (Å²) >= 11 is 0. The molecule has 0 atom stereocenters. The lowest BCUT2D eigenvalue weighted by Crippen LogP contribution is -2.20. The average Bonchev–Trinajstić information content (AvgIpc) is 3.01. The van der Waals surface area contributed by atoms with E-state index in [1.54, 1.807) is 35.0 Å². The van der Waals surface area contributed by atoms with Gasteiger partial charge in [-0.2, -0.15) is 5.10 Å². The van der Waals surface area contributed by atoms with Gasteiger partial charge in [0.15, 0.2) is 11.6 Å². The maximum atomic E-state index is 12.1. The third-order valence-electron chi connectivity index (χ3n) is 3.84. The molecule has 2 amide bonds. The van der Waals surface area contributed by atoms with Crippen molar-refractivity contribution in [1.29, 1.82) is 0 Å². The van der Waals surface area contributed by atoms with E-state index in [9.17, 15) is 9.59 Å². The second-order valence-electron chi connectivity index (χ2n) is 6.10. The highest BCUT2D eigenvalue weighted by atomic mass is 16.2. The molecule has 3 aromatic rings. The molecule has 6 heteroatoms. The smallest absolute Gasteiger partial charge is 0.308 e. The average molecular weight is 348 g/mol. The van der Waals surface area contributed by atoms with Gasteiger partial charge in [0.25, 0.3) is 0 Å². The van der Waals surface area contributed by atoms with E-state index in [0.29, 0.717) is 23.6 Å². The molecule has 2 N–H and O–H groups in total. The van der Waals surface area contributed by atoms with Crippen molar-refractivity contribution in [2.24, 2.45) is 0 Å². The number of nitrogens with one attached hydrogen (secondary N) is 2. The number of anilines is 2. The van der Waals surface area contributed by atoms with E-state index in [1.165, 1.54) is 12.5 Å². The topological polar surface area (TPSA) is 76.0 Å². The van der Waals surface area contributed by atoms with E-state index in [2.05, 4.69) is 21.8 Å². The molecule has 0 bridgehead atoms. The molecule has 1 heterocycles. The Morgan fingerprint density at radius 3 is 2.62 bits per heavy atom. The minimum absolute atomic E-state index is 0.0519. The molecule has 0 unspecified atom stereocenters. The molecular formula is C20H20N4O2. The zero-order valence-electron chi connectivity index (χ0n) is 14.7. The Morgan fingerprint density at radius 1 is 1.04 bits per heavy atom. The van der Waals surface area contributed by atoms with Crippen LogP contribution in [0.1, 0.15) is 28.4 Å². The molecule has 0 aliphatic heterocycles. The van der Waals surface area contributed by atoms with Gasteiger partial charge in [0, 0.05) is 23.5 Å². The molecule has 2 aromatic carbocycles. The number of aryl methyl sites for hydroxylation is 1. The zero-order chi connectivity index (χ0) is 18.5. The fourth-order valence-electron chi connectivity index (χ4n) is 2.61. The van der Waals surface area contributed by atoms with Crippen molar-refractivity contribution in [2.75, 3.05) is 10.6 Å². The molecule has 26 heavy (non-hydrogen) atoms. The number of hydrogen-bond donors (Lipinski definition) is 2. The summed E-state index contributed by atoms with van der Waals surface area (Å²) in [6.45, 7) is 4.16. The van der Waals surface area contributed by atoms with Crippen molar-refractivity contribution in [3.8, 4) is 0 Å². The predicted octanol–water partition coefficient (Wildman–Crippen LogP) is 4.09. The van der Waals surface area contributed by atoms with E-state index >= 15 is 0 Å². The van der Waals surface area contributed by atoms with Gasteiger partial charge in [-0.1, -0.05) is 42.0 Å². The standard InChI is InChI=1S/C20H20N4O2/c1-14-5-3-6-16(11-14)13-24-10-9-19(23-24)22-20(26)21-18-8-4-7-17(12-18)15(2)25/h3-12H,13H2,1-2H3,(H2,21,22,23,26). The van der Waals surface area contributed by atoms with E-state index in [4.69, 9.17) is 0 Å². The number of ketones is 1. The second-order valence-corrected chi connectivity index (χ2v) is 6.10. The predicted molar refractivity (Wildman–Crippen MR) is 102 cm³/mol. The van der Waals surface area contributed by atoms with Crippen molar-refractivity contribution in [3.05, 3.63) is 77.5 Å². The molecule has 132 valence electrons. The van der Waals surface area contributed by atoms with Crippen LogP contribution in [0, 0.1) is 6.92 Å². The number of urea groups is 1. The van der Waals surface area contributed by atoms with Crippen molar-refractivity contribution < 1.29 is 9.59 Å². The Morgan fingerprint density at radius 2 is 1.85 bits per heavy atom. The fourth-order valence-corrected chi connectivity index (χ4v) is 2.61. The largest absolute Gasteiger partial charge is 0.324 e. The van der Waals surface area contributed by atoms with Gasteiger partial charge in [0.2, 0.25) is 0 Å². The highest BCUT2D eigenvalue weighted by molar-refractivity contribution is 6.00. The fraction of sp³-hybridized carbons (Fsp3) is 0.150. The number of nitrogens with zero attached hydrogens (tertiary/aromatic N) is 2. The van der Waals surface area contributed by atoms with Crippen LogP contribution in [0.3, 0.4) is 0 Å². The molecule has 6 nitrogen and oxygen atoms in total. The van der Waals surface area contributed by atoms with Crippen LogP contribution in [-0.2, 0) is 6.54 Å². The summed E-state index contributed by atoms with van der Waals surface area (Å²) in [6, 6.07) is 16.3. The van der Waals surface area contributed by atoms with Crippen LogP contribution in [0.25, 0.3) is 0 Å². The first kappa shape index (κ1) is 17.4. The molecule has 0 radical (unpaired) electrons. The van der Waals surface area contributed by atoms with Crippen molar-refractivity contribution in [1.82, 2.24) is 9.78 Å². The molecule has 0 saturated heterocycles. The third kappa shape index (κ3) is 4.57. The Hall–Kier alpha value is -3.41. The first-order chi connectivity index (χ1) is 12.5. The summed E-state index contributed by atoms with van der Waals surface area (Å²) in [5.41, 5.74) is 3.44. The number of aromatic nitrogens is 2. The number of carbonyl (C=O) groups is 2. The summed E-state index contributed by atoms with van der Waals surface area (Å²) in [4.78, 5) is 23.5. The van der Waals surface area contributed by atoms with E-state index < -0.39 is 6.03 Å². The van der Waals surface area contributed by atoms with Crippen LogP contribution in [0.5, 0.6) is 0 Å². The van der Waals surface area contributed by atoms with Crippen molar-refractivity contribution in [3.63, 3.8) is 0 Å². The molecule has 0 aliphatic rings. The minimum atomic E-state index is -0.411. The summed E-state index contributed by atoms with van der Waals surface area (Å²) in [7, 11) is 0. The van der Waals surface area contributed by atoms with Crippen LogP contribution in [0.15, 0.2) is 60.8 Å². The quantitative estimate of drug-likeness (QED) is 0.682. The van der Waals surface area contributed by atoms with Gasteiger partial charge in [0.1, 0.15) is 0 Å². The van der Waals surface area contributed by atoms with Crippen molar-refractivity contribution >= 4 is 23.3 Å². The molecule has 3 rings (SSSR count). The zero-order valence-corrected chi connectivity index (χ0v) is 14.7. The molecule has 1 aromatic heterocycles. The van der Waals surface area contributed by atoms with Crippen LogP contribution in [0.4, 0.5) is 16.3 Å². The minimum Gasteiger partial charge on any atom is -0.308 e. The highest BCUT2D eigenvalue weighted by Crippen LogP contribution is 2.12. The van der Waals surface area contributed by atoms with Crippen molar-refractivity contribution in [2.45, 2.75) is 20.4 Å². The number of rotatable bonds is 5. The summed E-state index contributed by atoms with van der Waals surface area (Å²) in [6.07, 6.45) is 1.81. The highest BCUT2D eigenvalue weighted by Gasteiger charge is 2.07. The Balaban J connectivity index is 1.61. The Labute approximate surface area is 151 Å². The first-order valence-corrected chi connectivity index (χ1v) is 8.27. The monoisotopic (exact) mass is 348 g/mol. The number of carbonyl (C=O) groups excluding carboxylic acids is 2. The second kappa shape index (κ2) is 7.65. The summed E-state index contributed by atoms with van der Waals surface area (Å²) < 4.78 is 1.76. The lowest BCUT2D eigenvalue weighted by molar-refractivity contribution is 0.101. The van der Waals surface area contributed by atoms with E-state index in [1.807, 2.05) is 31.3 Å².